The summed E-state index contributed by atoms with van der Waals surface area (Å²) >= 11 is 0. The van der Waals surface area contributed by atoms with Gasteiger partial charge in [0.2, 0.25) is 5.91 Å². The maximum absolute atomic E-state index is 12.4. The Morgan fingerprint density at radius 2 is 1.83 bits per heavy atom. The molecule has 3 aromatic rings. The fourth-order valence-corrected chi connectivity index (χ4v) is 4.85. The van der Waals surface area contributed by atoms with E-state index in [0.29, 0.717) is 50.3 Å². The first-order chi connectivity index (χ1) is 17.4. The zero-order valence-corrected chi connectivity index (χ0v) is 20.1. The van der Waals surface area contributed by atoms with Crippen molar-refractivity contribution in [2.45, 2.75) is 38.9 Å². The molecule has 190 valence electrons. The van der Waals surface area contributed by atoms with Crippen molar-refractivity contribution >= 4 is 22.9 Å². The van der Waals surface area contributed by atoms with Gasteiger partial charge in [-0.25, -0.2) is 10.3 Å². The van der Waals surface area contributed by atoms with E-state index >= 15 is 0 Å². The molecule has 1 fully saturated rings. The Morgan fingerprint density at radius 1 is 1.14 bits per heavy atom. The Morgan fingerprint density at radius 3 is 2.50 bits per heavy atom. The standard InChI is InChI=1S/C27H31N3O6/c1-17-14-20(22-4-2-3-5-24(22)28-17)16-36-21-8-6-19(7-9-21)25(31)23(26(32)29-35)15-18-10-12-30(13-11-18)27(33)34/h2-9,14,18,23,25,31,35H,10-13,15-16H2,1H3,(H,29,32)(H,33,34). The van der Waals surface area contributed by atoms with Crippen molar-refractivity contribution in [2.75, 3.05) is 13.1 Å². The van der Waals surface area contributed by atoms with Gasteiger partial charge in [-0.2, -0.15) is 0 Å². The Kier molecular flexibility index (Phi) is 8.02. The highest BCUT2D eigenvalue weighted by Crippen LogP contribution is 2.33. The maximum Gasteiger partial charge on any atom is 0.407 e. The molecular formula is C27H31N3O6. The first-order valence-electron chi connectivity index (χ1n) is 12.0. The van der Waals surface area contributed by atoms with Crippen molar-refractivity contribution in [3.63, 3.8) is 0 Å². The number of hydrogen-bond acceptors (Lipinski definition) is 6. The van der Waals surface area contributed by atoms with Gasteiger partial charge in [-0.15, -0.1) is 0 Å². The van der Waals surface area contributed by atoms with Crippen LogP contribution in [0.4, 0.5) is 4.79 Å². The Balaban J connectivity index is 1.41. The number of aliphatic hydroxyl groups excluding tert-OH is 1. The van der Waals surface area contributed by atoms with E-state index in [1.807, 2.05) is 37.3 Å². The molecule has 4 rings (SSSR count). The van der Waals surface area contributed by atoms with Gasteiger partial charge in [0.15, 0.2) is 0 Å². The third-order valence-corrected chi connectivity index (χ3v) is 6.85. The third kappa shape index (κ3) is 5.92. The second kappa shape index (κ2) is 11.4. The summed E-state index contributed by atoms with van der Waals surface area (Å²) in [6, 6.07) is 16.8. The highest BCUT2D eigenvalue weighted by molar-refractivity contribution is 5.82. The Bertz CT molecular complexity index is 1210. The van der Waals surface area contributed by atoms with E-state index in [-0.39, 0.29) is 5.92 Å². The largest absolute Gasteiger partial charge is 0.489 e. The van der Waals surface area contributed by atoms with Crippen molar-refractivity contribution in [3.8, 4) is 5.75 Å². The minimum atomic E-state index is -1.13. The van der Waals surface area contributed by atoms with Crippen molar-refractivity contribution in [3.05, 3.63) is 71.4 Å². The van der Waals surface area contributed by atoms with Crippen LogP contribution < -0.4 is 10.2 Å². The molecule has 36 heavy (non-hydrogen) atoms. The second-order valence-electron chi connectivity index (χ2n) is 9.27. The quantitative estimate of drug-likeness (QED) is 0.275. The number of para-hydroxylation sites is 1. The summed E-state index contributed by atoms with van der Waals surface area (Å²) in [5.74, 6) is -0.842. The average molecular weight is 494 g/mol. The summed E-state index contributed by atoms with van der Waals surface area (Å²) in [4.78, 5) is 29.4. The van der Waals surface area contributed by atoms with Crippen LogP contribution in [0.25, 0.3) is 10.9 Å². The first kappa shape index (κ1) is 25.4. The lowest BCUT2D eigenvalue weighted by Gasteiger charge is -2.32. The number of rotatable bonds is 8. The molecule has 2 heterocycles. The zero-order valence-electron chi connectivity index (χ0n) is 20.1. The summed E-state index contributed by atoms with van der Waals surface area (Å²) in [5.41, 5.74) is 5.05. The van der Waals surface area contributed by atoms with Crippen LogP contribution in [-0.2, 0) is 11.4 Å². The lowest BCUT2D eigenvalue weighted by molar-refractivity contribution is -0.138. The summed E-state index contributed by atoms with van der Waals surface area (Å²) in [6.07, 6.45) is -0.537. The molecule has 1 aliphatic heterocycles. The van der Waals surface area contributed by atoms with Gasteiger partial charge in [-0.05, 0) is 61.9 Å². The number of ether oxygens (including phenoxy) is 1. The predicted molar refractivity (Wildman–Crippen MR) is 133 cm³/mol. The SMILES string of the molecule is Cc1cc(COc2ccc(C(O)C(CC3CCN(C(=O)O)CC3)C(=O)NO)cc2)c2ccccc2n1. The number of hydrogen-bond donors (Lipinski definition) is 4. The minimum absolute atomic E-state index is 0.0683. The average Bonchev–Trinajstić information content (AvgIpc) is 2.90. The molecule has 0 spiro atoms. The number of fused-ring (bicyclic) bond motifs is 1. The number of carbonyl (C=O) groups is 2. The van der Waals surface area contributed by atoms with Crippen molar-refractivity contribution in [1.82, 2.24) is 15.4 Å². The number of hydroxylamine groups is 1. The van der Waals surface area contributed by atoms with Crippen molar-refractivity contribution < 1.29 is 29.7 Å². The highest BCUT2D eigenvalue weighted by Gasteiger charge is 2.32. The monoisotopic (exact) mass is 493 g/mol. The predicted octanol–water partition coefficient (Wildman–Crippen LogP) is 4.06. The smallest absolute Gasteiger partial charge is 0.407 e. The van der Waals surface area contributed by atoms with Gasteiger partial charge in [0, 0.05) is 29.7 Å². The van der Waals surface area contributed by atoms with Gasteiger partial charge in [0.25, 0.3) is 0 Å². The number of aryl methyl sites for hydroxylation is 1. The summed E-state index contributed by atoms with van der Waals surface area (Å²) in [5, 5.41) is 30.4. The third-order valence-electron chi connectivity index (χ3n) is 6.85. The molecule has 1 aliphatic rings. The molecule has 9 nitrogen and oxygen atoms in total. The van der Waals surface area contributed by atoms with E-state index in [9.17, 15) is 19.9 Å². The number of piperidine rings is 1. The summed E-state index contributed by atoms with van der Waals surface area (Å²) < 4.78 is 5.99. The fraction of sp³-hybridized carbons (Fsp3) is 0.370. The molecule has 2 aromatic carbocycles. The molecular weight excluding hydrogens is 462 g/mol. The normalized spacial score (nSPS) is 15.9. The second-order valence-corrected chi connectivity index (χ2v) is 9.27. The minimum Gasteiger partial charge on any atom is -0.489 e. The van der Waals surface area contributed by atoms with Gasteiger partial charge in [-0.3, -0.25) is 15.0 Å². The number of likely N-dealkylation sites (tertiary alicyclic amines) is 1. The number of nitrogens with zero attached hydrogens (tertiary/aromatic N) is 2. The van der Waals surface area contributed by atoms with E-state index in [4.69, 9.17) is 9.84 Å². The van der Waals surface area contributed by atoms with E-state index in [1.54, 1.807) is 29.7 Å². The molecule has 0 saturated carbocycles. The number of amides is 2. The van der Waals surface area contributed by atoms with Gasteiger partial charge in [0.1, 0.15) is 12.4 Å². The van der Waals surface area contributed by atoms with E-state index in [0.717, 1.165) is 22.2 Å². The zero-order chi connectivity index (χ0) is 25.7. The number of benzene rings is 2. The number of pyridine rings is 1. The van der Waals surface area contributed by atoms with Crippen LogP contribution >= 0.6 is 0 Å². The van der Waals surface area contributed by atoms with Crippen LogP contribution in [-0.4, -0.2) is 50.4 Å². The molecule has 9 heteroatoms. The van der Waals surface area contributed by atoms with Crippen LogP contribution in [0.15, 0.2) is 54.6 Å². The van der Waals surface area contributed by atoms with Crippen LogP contribution in [0.1, 0.15) is 42.2 Å². The van der Waals surface area contributed by atoms with Gasteiger partial charge in [0.05, 0.1) is 17.5 Å². The van der Waals surface area contributed by atoms with Crippen LogP contribution in [0.3, 0.4) is 0 Å². The van der Waals surface area contributed by atoms with E-state index in [2.05, 4.69) is 4.98 Å². The van der Waals surface area contributed by atoms with Gasteiger partial charge < -0.3 is 19.8 Å². The fourth-order valence-electron chi connectivity index (χ4n) is 4.85. The van der Waals surface area contributed by atoms with E-state index in [1.165, 1.54) is 4.90 Å². The maximum atomic E-state index is 12.4. The number of carbonyl (C=O) groups excluding carboxylic acids is 1. The molecule has 0 radical (unpaired) electrons. The Hall–Kier alpha value is -3.69. The lowest BCUT2D eigenvalue weighted by Crippen LogP contribution is -2.40. The lowest BCUT2D eigenvalue weighted by atomic mass is 9.82. The van der Waals surface area contributed by atoms with Crippen LogP contribution in [0, 0.1) is 18.8 Å². The molecule has 4 N–H and O–H groups in total. The highest BCUT2D eigenvalue weighted by atomic mass is 16.5. The van der Waals surface area contributed by atoms with Crippen LogP contribution in [0.2, 0.25) is 0 Å². The van der Waals surface area contributed by atoms with Gasteiger partial charge in [-0.1, -0.05) is 30.3 Å². The molecule has 1 saturated heterocycles. The number of aliphatic hydroxyl groups is 1. The van der Waals surface area contributed by atoms with Crippen molar-refractivity contribution in [2.24, 2.45) is 11.8 Å². The number of carboxylic acid groups (broad SMARTS) is 1. The molecule has 2 atom stereocenters. The molecule has 0 bridgehead atoms. The molecule has 2 amide bonds. The summed E-state index contributed by atoms with van der Waals surface area (Å²) in [7, 11) is 0. The first-order valence-corrected chi connectivity index (χ1v) is 12.0. The number of aromatic nitrogens is 1. The number of nitrogens with one attached hydrogen (secondary N) is 1. The van der Waals surface area contributed by atoms with Crippen LogP contribution in [0.5, 0.6) is 5.75 Å². The van der Waals surface area contributed by atoms with E-state index < -0.39 is 24.0 Å². The topological polar surface area (TPSA) is 132 Å². The summed E-state index contributed by atoms with van der Waals surface area (Å²) in [6.45, 7) is 3.08. The van der Waals surface area contributed by atoms with Crippen molar-refractivity contribution in [1.29, 1.82) is 0 Å². The van der Waals surface area contributed by atoms with Gasteiger partial charge >= 0.3 is 6.09 Å². The molecule has 1 aromatic heterocycles. The Labute approximate surface area is 209 Å². The molecule has 2 unspecified atom stereocenters. The molecule has 0 aliphatic carbocycles.